The topological polar surface area (TPSA) is 87.2 Å². The first-order valence-electron chi connectivity index (χ1n) is 9.85. The number of anilines is 2. The fourth-order valence-electron chi connectivity index (χ4n) is 3.15. The molecule has 0 bridgehead atoms. The molecule has 1 N–H and O–H groups in total. The minimum atomic E-state index is -0.327. The Labute approximate surface area is 198 Å². The lowest BCUT2D eigenvalue weighted by Crippen LogP contribution is -2.41. The van der Waals surface area contributed by atoms with Gasteiger partial charge in [-0.3, -0.25) is 10.2 Å². The molecule has 8 nitrogen and oxygen atoms in total. The van der Waals surface area contributed by atoms with E-state index in [0.717, 1.165) is 5.56 Å². The van der Waals surface area contributed by atoms with Gasteiger partial charge >= 0.3 is 0 Å². The van der Waals surface area contributed by atoms with Crippen molar-refractivity contribution >= 4 is 46.5 Å². The third-order valence-corrected chi connectivity index (χ3v) is 5.23. The second-order valence-electron chi connectivity index (χ2n) is 6.98. The summed E-state index contributed by atoms with van der Waals surface area (Å²) < 4.78 is 1.27. The Balaban J connectivity index is 1.60. The van der Waals surface area contributed by atoms with Gasteiger partial charge in [0.1, 0.15) is 0 Å². The number of hydrogen-bond donors (Lipinski definition) is 1. The predicted octanol–water partition coefficient (Wildman–Crippen LogP) is 5.97. The fourth-order valence-corrected chi connectivity index (χ4v) is 3.40. The SMILES string of the molecule is O=c1cc(-c2ccccc2)nc2n1NC(N=Nc1ccc(Cl)cc1)=NN2c1ccc(Cl)cc1. The van der Waals surface area contributed by atoms with Crippen LogP contribution >= 0.6 is 23.2 Å². The first-order chi connectivity index (χ1) is 16.1. The standard InChI is InChI=1S/C23H15Cl2N7O/c24-16-6-10-18(11-7-16)27-28-22-29-31(19-12-8-17(25)9-13-19)23-26-20(14-21(33)32(23)30-22)15-4-2-1-3-5-15/h1-14H,(H,29,30). The number of guanidine groups is 1. The zero-order valence-electron chi connectivity index (χ0n) is 16.9. The van der Waals surface area contributed by atoms with Gasteiger partial charge in [0.2, 0.25) is 0 Å². The highest BCUT2D eigenvalue weighted by Gasteiger charge is 2.24. The van der Waals surface area contributed by atoms with Crippen molar-refractivity contribution in [2.75, 3.05) is 10.4 Å². The van der Waals surface area contributed by atoms with Crippen LogP contribution in [0.2, 0.25) is 10.0 Å². The lowest BCUT2D eigenvalue weighted by molar-refractivity contribution is 0.793. The van der Waals surface area contributed by atoms with Gasteiger partial charge in [-0.05, 0) is 48.5 Å². The Morgan fingerprint density at radius 1 is 0.818 bits per heavy atom. The highest BCUT2D eigenvalue weighted by Crippen LogP contribution is 2.29. The van der Waals surface area contributed by atoms with Gasteiger partial charge < -0.3 is 0 Å². The number of benzene rings is 3. The van der Waals surface area contributed by atoms with Crippen LogP contribution in [0.5, 0.6) is 0 Å². The summed E-state index contributed by atoms with van der Waals surface area (Å²) >= 11 is 12.0. The van der Waals surface area contributed by atoms with Gasteiger partial charge in [0.05, 0.1) is 17.1 Å². The zero-order chi connectivity index (χ0) is 22.8. The molecule has 0 amide bonds. The Morgan fingerprint density at radius 3 is 2.18 bits per heavy atom. The summed E-state index contributed by atoms with van der Waals surface area (Å²) in [5, 5.41) is 15.5. The van der Waals surface area contributed by atoms with Crippen molar-refractivity contribution < 1.29 is 0 Å². The highest BCUT2D eigenvalue weighted by molar-refractivity contribution is 6.30. The second kappa shape index (κ2) is 8.85. The molecule has 1 aliphatic rings. The maximum Gasteiger partial charge on any atom is 0.279 e. The van der Waals surface area contributed by atoms with E-state index in [1.165, 1.54) is 15.8 Å². The molecule has 1 aliphatic heterocycles. The van der Waals surface area contributed by atoms with E-state index in [9.17, 15) is 4.79 Å². The maximum absolute atomic E-state index is 13.0. The maximum atomic E-state index is 13.0. The first-order valence-corrected chi connectivity index (χ1v) is 10.6. The quantitative estimate of drug-likeness (QED) is 0.369. The van der Waals surface area contributed by atoms with E-state index in [-0.39, 0.29) is 17.5 Å². The molecule has 0 fully saturated rings. The first kappa shape index (κ1) is 20.9. The lowest BCUT2D eigenvalue weighted by Gasteiger charge is -2.26. The van der Waals surface area contributed by atoms with E-state index < -0.39 is 0 Å². The van der Waals surface area contributed by atoms with Gasteiger partial charge in [0, 0.05) is 21.7 Å². The van der Waals surface area contributed by atoms with E-state index >= 15 is 0 Å². The summed E-state index contributed by atoms with van der Waals surface area (Å²) in [5.41, 5.74) is 5.11. The van der Waals surface area contributed by atoms with Crippen molar-refractivity contribution in [2.24, 2.45) is 15.3 Å². The summed E-state index contributed by atoms with van der Waals surface area (Å²) in [6, 6.07) is 24.8. The third-order valence-electron chi connectivity index (χ3n) is 4.72. The Hall–Kier alpha value is -4.01. The molecule has 0 aliphatic carbocycles. The van der Waals surface area contributed by atoms with Crippen molar-refractivity contribution in [3.63, 3.8) is 0 Å². The van der Waals surface area contributed by atoms with E-state index in [1.807, 2.05) is 30.3 Å². The van der Waals surface area contributed by atoms with Crippen LogP contribution in [-0.4, -0.2) is 15.6 Å². The molecule has 0 saturated heterocycles. The number of rotatable bonds is 3. The number of hydrogen-bond acceptors (Lipinski definition) is 7. The minimum absolute atomic E-state index is 0.101. The molecule has 0 unspecified atom stereocenters. The van der Waals surface area contributed by atoms with Gasteiger partial charge in [-0.2, -0.15) is 9.69 Å². The molecule has 10 heteroatoms. The molecule has 1 aromatic heterocycles. The Kier molecular flexibility index (Phi) is 5.60. The van der Waals surface area contributed by atoms with E-state index in [1.54, 1.807) is 48.5 Å². The van der Waals surface area contributed by atoms with E-state index in [0.29, 0.717) is 27.1 Å². The molecular weight excluding hydrogens is 461 g/mol. The third kappa shape index (κ3) is 4.48. The molecule has 0 saturated carbocycles. The van der Waals surface area contributed by atoms with Gasteiger partial charge in [-0.1, -0.05) is 53.5 Å². The predicted molar refractivity (Wildman–Crippen MR) is 130 cm³/mol. The fraction of sp³-hybridized carbons (Fsp3) is 0. The van der Waals surface area contributed by atoms with Crippen LogP contribution < -0.4 is 16.0 Å². The van der Waals surface area contributed by atoms with Crippen LogP contribution in [0.4, 0.5) is 17.3 Å². The van der Waals surface area contributed by atoms with Crippen molar-refractivity contribution in [3.8, 4) is 11.3 Å². The number of hydrazone groups is 1. The molecule has 0 radical (unpaired) electrons. The zero-order valence-corrected chi connectivity index (χ0v) is 18.4. The molecule has 33 heavy (non-hydrogen) atoms. The average molecular weight is 476 g/mol. The largest absolute Gasteiger partial charge is 0.279 e. The normalized spacial score (nSPS) is 12.9. The van der Waals surface area contributed by atoms with Crippen molar-refractivity contribution in [2.45, 2.75) is 0 Å². The van der Waals surface area contributed by atoms with E-state index in [2.05, 4.69) is 25.7 Å². The Morgan fingerprint density at radius 2 is 1.48 bits per heavy atom. The van der Waals surface area contributed by atoms with Gasteiger partial charge in [0.15, 0.2) is 0 Å². The molecular formula is C23H15Cl2N7O. The monoisotopic (exact) mass is 475 g/mol. The second-order valence-corrected chi connectivity index (χ2v) is 7.85. The van der Waals surface area contributed by atoms with Crippen LogP contribution in [0.15, 0.2) is 105 Å². The van der Waals surface area contributed by atoms with Crippen molar-refractivity contribution in [3.05, 3.63) is 105 Å². The lowest BCUT2D eigenvalue weighted by atomic mass is 10.1. The number of aromatic nitrogens is 2. The van der Waals surface area contributed by atoms with Crippen LogP contribution in [-0.2, 0) is 0 Å². The Bertz CT molecular complexity index is 1420. The number of azo groups is 1. The molecule has 162 valence electrons. The highest BCUT2D eigenvalue weighted by atomic mass is 35.5. The van der Waals surface area contributed by atoms with Crippen LogP contribution in [0.1, 0.15) is 0 Å². The van der Waals surface area contributed by atoms with E-state index in [4.69, 9.17) is 23.2 Å². The molecule has 2 heterocycles. The smallest absolute Gasteiger partial charge is 0.267 e. The molecule has 4 aromatic rings. The van der Waals surface area contributed by atoms with Gasteiger partial charge in [-0.25, -0.2) is 4.98 Å². The summed E-state index contributed by atoms with van der Waals surface area (Å²) in [6.45, 7) is 0. The molecule has 0 atom stereocenters. The summed E-state index contributed by atoms with van der Waals surface area (Å²) in [5.74, 6) is 0.373. The number of fused-ring (bicyclic) bond motifs is 1. The number of nitrogens with one attached hydrogen (secondary N) is 1. The molecule has 0 spiro atoms. The number of halogens is 2. The molecule has 3 aromatic carbocycles. The van der Waals surface area contributed by atoms with Crippen LogP contribution in [0, 0.1) is 0 Å². The average Bonchev–Trinajstić information content (AvgIpc) is 2.84. The van der Waals surface area contributed by atoms with Gasteiger partial charge in [-0.15, -0.1) is 15.3 Å². The number of nitrogens with zero attached hydrogens (tertiary/aromatic N) is 6. The summed E-state index contributed by atoms with van der Waals surface area (Å²) in [4.78, 5) is 17.7. The summed E-state index contributed by atoms with van der Waals surface area (Å²) in [7, 11) is 0. The summed E-state index contributed by atoms with van der Waals surface area (Å²) in [6.07, 6.45) is 0. The van der Waals surface area contributed by atoms with Crippen molar-refractivity contribution in [1.82, 2.24) is 9.66 Å². The van der Waals surface area contributed by atoms with Crippen LogP contribution in [0.3, 0.4) is 0 Å². The van der Waals surface area contributed by atoms with Crippen LogP contribution in [0.25, 0.3) is 11.3 Å². The van der Waals surface area contributed by atoms with Gasteiger partial charge in [0.25, 0.3) is 17.5 Å². The minimum Gasteiger partial charge on any atom is -0.267 e. The van der Waals surface area contributed by atoms with Crippen molar-refractivity contribution in [1.29, 1.82) is 0 Å². The molecule has 5 rings (SSSR count).